The predicted octanol–water partition coefficient (Wildman–Crippen LogP) is 0.636. The van der Waals surface area contributed by atoms with Gasteiger partial charge in [0, 0.05) is 45.1 Å². The fourth-order valence-electron chi connectivity index (χ4n) is 2.39. The van der Waals surface area contributed by atoms with Crippen LogP contribution in [0.15, 0.2) is 12.4 Å². The third-order valence-corrected chi connectivity index (χ3v) is 3.86. The van der Waals surface area contributed by atoms with Crippen LogP contribution < -0.4 is 10.2 Å². The van der Waals surface area contributed by atoms with E-state index in [1.807, 2.05) is 19.0 Å². The Hall–Kier alpha value is -2.38. The number of hydrogen-bond acceptors (Lipinski definition) is 6. The molecule has 0 saturated heterocycles. The van der Waals surface area contributed by atoms with Crippen molar-refractivity contribution in [3.05, 3.63) is 18.0 Å². The Morgan fingerprint density at radius 2 is 1.87 bits per heavy atom. The smallest absolute Gasteiger partial charge is 0.317 e. The van der Waals surface area contributed by atoms with Crippen LogP contribution in [-0.4, -0.2) is 61.2 Å². The Bertz CT molecular complexity index is 555. The highest BCUT2D eigenvalue weighted by Gasteiger charge is 2.36. The van der Waals surface area contributed by atoms with Gasteiger partial charge in [0.2, 0.25) is 5.95 Å². The standard InChI is InChI=1S/C15H23N5O3/c1-19(2)14-16-7-10(8-17-14)9-20(3)15(22)18-12-5-11(6-12)13(21)23-4/h7-8,11-12H,5-6,9H2,1-4H3,(H,18,22). The van der Waals surface area contributed by atoms with E-state index in [0.717, 1.165) is 5.56 Å². The van der Waals surface area contributed by atoms with E-state index in [4.69, 9.17) is 0 Å². The molecule has 23 heavy (non-hydrogen) atoms. The lowest BCUT2D eigenvalue weighted by Crippen LogP contribution is -2.50. The second-order valence-corrected chi connectivity index (χ2v) is 5.98. The number of carbonyl (C=O) groups is 2. The molecule has 0 aliphatic heterocycles. The highest BCUT2D eigenvalue weighted by Crippen LogP contribution is 2.28. The molecule has 8 heteroatoms. The Morgan fingerprint density at radius 3 is 2.39 bits per heavy atom. The number of nitrogens with one attached hydrogen (secondary N) is 1. The Kier molecular flexibility index (Phi) is 5.36. The molecule has 0 atom stereocenters. The molecule has 0 radical (unpaired) electrons. The van der Waals surface area contributed by atoms with Gasteiger partial charge in [-0.25, -0.2) is 14.8 Å². The van der Waals surface area contributed by atoms with Gasteiger partial charge in [0.05, 0.1) is 19.6 Å². The number of amides is 2. The molecular weight excluding hydrogens is 298 g/mol. The molecule has 126 valence electrons. The summed E-state index contributed by atoms with van der Waals surface area (Å²) >= 11 is 0. The van der Waals surface area contributed by atoms with E-state index in [0.29, 0.717) is 25.3 Å². The monoisotopic (exact) mass is 321 g/mol. The van der Waals surface area contributed by atoms with Crippen molar-refractivity contribution in [3.8, 4) is 0 Å². The van der Waals surface area contributed by atoms with Crippen molar-refractivity contribution < 1.29 is 14.3 Å². The molecule has 0 bridgehead atoms. The maximum atomic E-state index is 12.1. The number of methoxy groups -OCH3 is 1. The summed E-state index contributed by atoms with van der Waals surface area (Å²) in [6, 6.07) is -0.142. The topological polar surface area (TPSA) is 87.7 Å². The third kappa shape index (κ3) is 4.30. The maximum absolute atomic E-state index is 12.1. The summed E-state index contributed by atoms with van der Waals surface area (Å²) in [5.74, 6) is 0.328. The summed E-state index contributed by atoms with van der Waals surface area (Å²) in [5, 5.41) is 2.91. The van der Waals surface area contributed by atoms with Crippen molar-refractivity contribution in [1.82, 2.24) is 20.2 Å². The molecule has 0 aromatic carbocycles. The van der Waals surface area contributed by atoms with Crippen LogP contribution in [0.3, 0.4) is 0 Å². The molecule has 1 saturated carbocycles. The van der Waals surface area contributed by atoms with Gasteiger partial charge in [-0.3, -0.25) is 4.79 Å². The van der Waals surface area contributed by atoms with Gasteiger partial charge in [0.25, 0.3) is 0 Å². The average molecular weight is 321 g/mol. The van der Waals surface area contributed by atoms with Gasteiger partial charge in [-0.1, -0.05) is 0 Å². The highest BCUT2D eigenvalue weighted by molar-refractivity contribution is 5.76. The Balaban J connectivity index is 1.78. The summed E-state index contributed by atoms with van der Waals surface area (Å²) in [6.07, 6.45) is 4.69. The number of carbonyl (C=O) groups excluding carboxylic acids is 2. The minimum Gasteiger partial charge on any atom is -0.469 e. The van der Waals surface area contributed by atoms with Gasteiger partial charge in [-0.05, 0) is 12.8 Å². The van der Waals surface area contributed by atoms with E-state index in [-0.39, 0.29) is 24.0 Å². The van der Waals surface area contributed by atoms with E-state index >= 15 is 0 Å². The van der Waals surface area contributed by atoms with Crippen LogP contribution in [0.4, 0.5) is 10.7 Å². The number of urea groups is 1. The number of anilines is 1. The van der Waals surface area contributed by atoms with Crippen molar-refractivity contribution in [2.24, 2.45) is 5.92 Å². The number of hydrogen-bond donors (Lipinski definition) is 1. The fourth-order valence-corrected chi connectivity index (χ4v) is 2.39. The van der Waals surface area contributed by atoms with Gasteiger partial charge in [0.1, 0.15) is 0 Å². The largest absolute Gasteiger partial charge is 0.469 e. The first kappa shape index (κ1) is 17.0. The van der Waals surface area contributed by atoms with Crippen molar-refractivity contribution >= 4 is 17.9 Å². The lowest BCUT2D eigenvalue weighted by Gasteiger charge is -2.34. The molecule has 1 fully saturated rings. The van der Waals surface area contributed by atoms with Crippen LogP contribution in [-0.2, 0) is 16.1 Å². The summed E-state index contributed by atoms with van der Waals surface area (Å²) in [5.41, 5.74) is 0.856. The lowest BCUT2D eigenvalue weighted by molar-refractivity contribution is -0.149. The quantitative estimate of drug-likeness (QED) is 0.801. The predicted molar refractivity (Wildman–Crippen MR) is 84.9 cm³/mol. The Morgan fingerprint density at radius 1 is 1.26 bits per heavy atom. The lowest BCUT2D eigenvalue weighted by atomic mass is 9.80. The zero-order chi connectivity index (χ0) is 17.0. The van der Waals surface area contributed by atoms with Crippen LogP contribution in [0.2, 0.25) is 0 Å². The number of rotatable bonds is 5. The van der Waals surface area contributed by atoms with E-state index in [2.05, 4.69) is 20.0 Å². The molecule has 1 aliphatic carbocycles. The van der Waals surface area contributed by atoms with Crippen LogP contribution >= 0.6 is 0 Å². The molecule has 2 amide bonds. The summed E-state index contributed by atoms with van der Waals surface area (Å²) in [4.78, 5) is 35.3. The van der Waals surface area contributed by atoms with Crippen molar-refractivity contribution in [2.75, 3.05) is 33.2 Å². The number of nitrogens with zero attached hydrogens (tertiary/aromatic N) is 4. The average Bonchev–Trinajstić information content (AvgIpc) is 2.49. The normalized spacial score (nSPS) is 19.5. The zero-order valence-electron chi connectivity index (χ0n) is 13.9. The molecule has 1 N–H and O–H groups in total. The number of ether oxygens (including phenoxy) is 1. The first-order chi connectivity index (χ1) is 10.9. The van der Waals surface area contributed by atoms with Crippen LogP contribution in [0, 0.1) is 5.92 Å². The van der Waals surface area contributed by atoms with Gasteiger partial charge >= 0.3 is 12.0 Å². The number of aromatic nitrogens is 2. The van der Waals surface area contributed by atoms with Gasteiger partial charge in [0.15, 0.2) is 0 Å². The molecular formula is C15H23N5O3. The molecule has 8 nitrogen and oxygen atoms in total. The molecule has 0 unspecified atom stereocenters. The minimum atomic E-state index is -0.206. The van der Waals surface area contributed by atoms with E-state index < -0.39 is 0 Å². The SMILES string of the molecule is COC(=O)C1CC(NC(=O)N(C)Cc2cnc(N(C)C)nc2)C1. The first-order valence-corrected chi connectivity index (χ1v) is 7.48. The minimum absolute atomic E-state index is 0.0291. The Labute approximate surface area is 135 Å². The summed E-state index contributed by atoms with van der Waals surface area (Å²) < 4.78 is 4.68. The van der Waals surface area contributed by atoms with Gasteiger partial charge in [-0.2, -0.15) is 0 Å². The van der Waals surface area contributed by atoms with Crippen molar-refractivity contribution in [1.29, 1.82) is 0 Å². The molecule has 1 aromatic heterocycles. The molecule has 1 aromatic rings. The van der Waals surface area contributed by atoms with Crippen molar-refractivity contribution in [3.63, 3.8) is 0 Å². The highest BCUT2D eigenvalue weighted by atomic mass is 16.5. The summed E-state index contributed by atoms with van der Waals surface area (Å²) in [6.45, 7) is 0.423. The first-order valence-electron chi connectivity index (χ1n) is 7.48. The second-order valence-electron chi connectivity index (χ2n) is 5.98. The van der Waals surface area contributed by atoms with Crippen LogP contribution in [0.5, 0.6) is 0 Å². The van der Waals surface area contributed by atoms with Gasteiger partial charge in [-0.15, -0.1) is 0 Å². The molecule has 0 spiro atoms. The zero-order valence-corrected chi connectivity index (χ0v) is 13.9. The second kappa shape index (κ2) is 7.26. The molecule has 1 heterocycles. The maximum Gasteiger partial charge on any atom is 0.317 e. The number of esters is 1. The molecule has 1 aliphatic rings. The van der Waals surface area contributed by atoms with E-state index in [1.165, 1.54) is 7.11 Å². The fraction of sp³-hybridized carbons (Fsp3) is 0.600. The van der Waals surface area contributed by atoms with Crippen molar-refractivity contribution in [2.45, 2.75) is 25.4 Å². The summed E-state index contributed by atoms with van der Waals surface area (Å²) in [7, 11) is 6.83. The third-order valence-electron chi connectivity index (χ3n) is 3.86. The van der Waals surface area contributed by atoms with Crippen LogP contribution in [0.25, 0.3) is 0 Å². The van der Waals surface area contributed by atoms with Crippen LogP contribution in [0.1, 0.15) is 18.4 Å². The van der Waals surface area contributed by atoms with Gasteiger partial charge < -0.3 is 19.9 Å². The van der Waals surface area contributed by atoms with E-state index in [1.54, 1.807) is 24.3 Å². The van der Waals surface area contributed by atoms with E-state index in [9.17, 15) is 9.59 Å². The molecule has 2 rings (SSSR count).